The molecule has 0 aromatic carbocycles. The molecule has 54 valence electrons. The van der Waals surface area contributed by atoms with E-state index in [9.17, 15) is 0 Å². The number of hydrogen-bond acceptors (Lipinski definition) is 2. The van der Waals surface area contributed by atoms with Gasteiger partial charge >= 0.3 is 0 Å². The molecule has 1 rings (SSSR count). The van der Waals surface area contributed by atoms with Gasteiger partial charge in [-0.15, -0.1) is 0 Å². The van der Waals surface area contributed by atoms with Crippen LogP contribution in [0.2, 0.25) is 0 Å². The van der Waals surface area contributed by atoms with Crippen LogP contribution in [0.3, 0.4) is 0 Å². The highest BCUT2D eigenvalue weighted by Gasteiger charge is 1.99. The number of nitrogens with zero attached hydrogens (tertiary/aromatic N) is 2. The lowest BCUT2D eigenvalue weighted by molar-refractivity contribution is 0.761. The molecule has 1 aliphatic heterocycles. The average molecular weight is 136 g/mol. The molecule has 1 heterocycles. The summed E-state index contributed by atoms with van der Waals surface area (Å²) in [6, 6.07) is 0. The highest BCUT2D eigenvalue weighted by Crippen LogP contribution is 2.09. The van der Waals surface area contributed by atoms with Crippen LogP contribution in [-0.4, -0.2) is 19.0 Å². The predicted octanol–water partition coefficient (Wildman–Crippen LogP) is 1.68. The van der Waals surface area contributed by atoms with Crippen molar-refractivity contribution in [1.82, 2.24) is 0 Å². The minimum absolute atomic E-state index is 0.501. The van der Waals surface area contributed by atoms with E-state index in [0.717, 1.165) is 5.70 Å². The van der Waals surface area contributed by atoms with Crippen LogP contribution in [-0.2, 0) is 0 Å². The van der Waals surface area contributed by atoms with Crippen LogP contribution >= 0.6 is 0 Å². The Labute approximate surface area is 61.4 Å². The molecule has 2 nitrogen and oxygen atoms in total. The first kappa shape index (κ1) is 7.19. The fraction of sp³-hybridized carbons (Fsp3) is 0.500. The second kappa shape index (κ2) is 3.30. The maximum atomic E-state index is 4.23. The quantitative estimate of drug-likeness (QED) is 0.524. The van der Waals surface area contributed by atoms with Gasteiger partial charge in [-0.3, -0.25) is 9.98 Å². The molecule has 0 amide bonds. The molecule has 0 fully saturated rings. The van der Waals surface area contributed by atoms with Gasteiger partial charge in [0.2, 0.25) is 0 Å². The predicted molar refractivity (Wildman–Crippen MR) is 44.8 cm³/mol. The standard InChI is InChI=1S/C8H12N2/c1-7(2)8-3-4-9-5-6-10-8/h3-4,6-7H,5H2,1-2H3. The van der Waals surface area contributed by atoms with Crippen molar-refractivity contribution in [1.29, 1.82) is 0 Å². The van der Waals surface area contributed by atoms with Gasteiger partial charge in [-0.05, 0) is 12.0 Å². The second-order valence-electron chi connectivity index (χ2n) is 2.57. The van der Waals surface area contributed by atoms with Crippen molar-refractivity contribution in [2.75, 3.05) is 6.54 Å². The van der Waals surface area contributed by atoms with Crippen molar-refractivity contribution < 1.29 is 0 Å². The van der Waals surface area contributed by atoms with Gasteiger partial charge in [0.15, 0.2) is 0 Å². The zero-order chi connectivity index (χ0) is 7.40. The Hall–Kier alpha value is -0.920. The Balaban J connectivity index is 2.73. The van der Waals surface area contributed by atoms with Crippen LogP contribution in [0.15, 0.2) is 21.8 Å². The number of hydrogen-bond donors (Lipinski definition) is 0. The summed E-state index contributed by atoms with van der Waals surface area (Å²) >= 11 is 0. The van der Waals surface area contributed by atoms with Gasteiger partial charge in [0.05, 0.1) is 6.54 Å². The smallest absolute Gasteiger partial charge is 0.0742 e. The zero-order valence-corrected chi connectivity index (χ0v) is 6.41. The number of aliphatic imine (C=N–C) groups is 2. The van der Waals surface area contributed by atoms with Crippen LogP contribution < -0.4 is 0 Å². The Bertz CT molecular complexity index is 187. The van der Waals surface area contributed by atoms with E-state index in [2.05, 4.69) is 23.8 Å². The van der Waals surface area contributed by atoms with E-state index in [4.69, 9.17) is 0 Å². The Kier molecular flexibility index (Phi) is 2.37. The lowest BCUT2D eigenvalue weighted by atomic mass is 10.1. The summed E-state index contributed by atoms with van der Waals surface area (Å²) < 4.78 is 0. The summed E-state index contributed by atoms with van der Waals surface area (Å²) in [6.45, 7) is 4.97. The lowest BCUT2D eigenvalue weighted by Crippen LogP contribution is -1.90. The van der Waals surface area contributed by atoms with Crippen molar-refractivity contribution in [2.45, 2.75) is 13.8 Å². The van der Waals surface area contributed by atoms with Crippen LogP contribution in [0, 0.1) is 5.92 Å². The molecular formula is C8H12N2. The molecule has 0 aliphatic carbocycles. The molecule has 0 atom stereocenters. The summed E-state index contributed by atoms with van der Waals surface area (Å²) in [5, 5.41) is 0. The molecule has 0 radical (unpaired) electrons. The van der Waals surface area contributed by atoms with Crippen LogP contribution in [0.1, 0.15) is 13.8 Å². The van der Waals surface area contributed by atoms with Gasteiger partial charge in [0.25, 0.3) is 0 Å². The first-order chi connectivity index (χ1) is 4.80. The van der Waals surface area contributed by atoms with Gasteiger partial charge in [-0.2, -0.15) is 0 Å². The Morgan fingerprint density at radius 3 is 3.00 bits per heavy atom. The van der Waals surface area contributed by atoms with E-state index in [-0.39, 0.29) is 0 Å². The highest BCUT2D eigenvalue weighted by atomic mass is 14.8. The van der Waals surface area contributed by atoms with E-state index in [1.807, 2.05) is 18.5 Å². The topological polar surface area (TPSA) is 24.7 Å². The SMILES string of the molecule is CC(C)C1=CC=NCC=N1. The molecule has 0 aromatic heterocycles. The average Bonchev–Trinajstić information content (AvgIpc) is 2.12. The molecule has 0 saturated heterocycles. The van der Waals surface area contributed by atoms with Crippen LogP contribution in [0.25, 0.3) is 0 Å². The summed E-state index contributed by atoms with van der Waals surface area (Å²) in [5.74, 6) is 0.501. The summed E-state index contributed by atoms with van der Waals surface area (Å²) in [5.41, 5.74) is 1.11. The lowest BCUT2D eigenvalue weighted by Gasteiger charge is -2.01. The van der Waals surface area contributed by atoms with E-state index < -0.39 is 0 Å². The monoisotopic (exact) mass is 136 g/mol. The molecule has 0 N–H and O–H groups in total. The Morgan fingerprint density at radius 1 is 1.50 bits per heavy atom. The number of rotatable bonds is 1. The number of allylic oxidation sites excluding steroid dienone is 2. The minimum atomic E-state index is 0.501. The molecule has 10 heavy (non-hydrogen) atoms. The molecule has 1 aliphatic rings. The maximum Gasteiger partial charge on any atom is 0.0742 e. The maximum absolute atomic E-state index is 4.23. The first-order valence-corrected chi connectivity index (χ1v) is 3.53. The third-order valence-corrected chi connectivity index (χ3v) is 1.37. The Morgan fingerprint density at radius 2 is 2.30 bits per heavy atom. The third-order valence-electron chi connectivity index (χ3n) is 1.37. The van der Waals surface area contributed by atoms with E-state index in [1.54, 1.807) is 0 Å². The summed E-state index contributed by atoms with van der Waals surface area (Å²) in [6.07, 6.45) is 5.63. The summed E-state index contributed by atoms with van der Waals surface area (Å²) in [4.78, 5) is 8.29. The fourth-order valence-corrected chi connectivity index (χ4v) is 0.768. The first-order valence-electron chi connectivity index (χ1n) is 3.53. The van der Waals surface area contributed by atoms with Gasteiger partial charge in [-0.1, -0.05) is 13.8 Å². The molecule has 0 aromatic rings. The fourth-order valence-electron chi connectivity index (χ4n) is 0.768. The van der Waals surface area contributed by atoms with Crippen LogP contribution in [0.5, 0.6) is 0 Å². The van der Waals surface area contributed by atoms with Crippen molar-refractivity contribution in [3.8, 4) is 0 Å². The molecule has 0 unspecified atom stereocenters. The highest BCUT2D eigenvalue weighted by molar-refractivity contribution is 5.77. The second-order valence-corrected chi connectivity index (χ2v) is 2.57. The molecule has 0 saturated carbocycles. The van der Waals surface area contributed by atoms with Gasteiger partial charge in [0, 0.05) is 18.1 Å². The molecule has 0 bridgehead atoms. The van der Waals surface area contributed by atoms with Crippen molar-refractivity contribution in [2.24, 2.45) is 15.9 Å². The minimum Gasteiger partial charge on any atom is -0.287 e. The normalized spacial score (nSPS) is 17.3. The molecule has 2 heteroatoms. The van der Waals surface area contributed by atoms with Gasteiger partial charge < -0.3 is 0 Å². The summed E-state index contributed by atoms with van der Waals surface area (Å²) in [7, 11) is 0. The van der Waals surface area contributed by atoms with E-state index in [0.29, 0.717) is 12.5 Å². The van der Waals surface area contributed by atoms with Crippen LogP contribution in [0.4, 0.5) is 0 Å². The van der Waals surface area contributed by atoms with E-state index in [1.165, 1.54) is 0 Å². The molecule has 0 spiro atoms. The van der Waals surface area contributed by atoms with Crippen molar-refractivity contribution in [3.63, 3.8) is 0 Å². The van der Waals surface area contributed by atoms with Crippen molar-refractivity contribution in [3.05, 3.63) is 11.8 Å². The molecular weight excluding hydrogens is 124 g/mol. The van der Waals surface area contributed by atoms with Gasteiger partial charge in [0.1, 0.15) is 0 Å². The third kappa shape index (κ3) is 1.79. The van der Waals surface area contributed by atoms with Gasteiger partial charge in [-0.25, -0.2) is 0 Å². The zero-order valence-electron chi connectivity index (χ0n) is 6.41. The van der Waals surface area contributed by atoms with Crippen molar-refractivity contribution >= 4 is 12.4 Å². The van der Waals surface area contributed by atoms with E-state index >= 15 is 0 Å². The largest absolute Gasteiger partial charge is 0.287 e.